The van der Waals surface area contributed by atoms with Gasteiger partial charge >= 0.3 is 0 Å². The fraction of sp³-hybridized carbons (Fsp3) is 0.238. The van der Waals surface area contributed by atoms with Crippen molar-refractivity contribution in [2.75, 3.05) is 10.6 Å². The molecule has 3 rings (SSSR count). The summed E-state index contributed by atoms with van der Waals surface area (Å²) in [7, 11) is 1.86. The molecule has 0 unspecified atom stereocenters. The molecule has 0 fully saturated rings. The van der Waals surface area contributed by atoms with Crippen LogP contribution in [0, 0.1) is 6.92 Å². The van der Waals surface area contributed by atoms with E-state index in [0.29, 0.717) is 16.7 Å². The number of para-hydroxylation sites is 2. The lowest BCUT2D eigenvalue weighted by molar-refractivity contribution is 0.630. The predicted octanol–water partition coefficient (Wildman–Crippen LogP) is 4.42. The van der Waals surface area contributed by atoms with Gasteiger partial charge in [-0.15, -0.1) is 0 Å². The third-order valence-corrected chi connectivity index (χ3v) is 4.83. The van der Waals surface area contributed by atoms with Crippen molar-refractivity contribution in [3.63, 3.8) is 0 Å². The van der Waals surface area contributed by atoms with Crippen LogP contribution >= 0.6 is 12.2 Å². The lowest BCUT2D eigenvalue weighted by Crippen LogP contribution is -2.25. The minimum Gasteiger partial charge on any atom is -0.332 e. The number of thiocarbonyl (C=S) groups is 1. The summed E-state index contributed by atoms with van der Waals surface area (Å²) < 4.78 is 3.45. The molecule has 0 atom stereocenters. The molecule has 140 valence electrons. The first-order valence-electron chi connectivity index (χ1n) is 8.91. The number of nitrogens with one attached hydrogen (secondary N) is 2. The normalized spacial score (nSPS) is 10.9. The van der Waals surface area contributed by atoms with Crippen LogP contribution in [0.25, 0.3) is 5.69 Å². The van der Waals surface area contributed by atoms with Gasteiger partial charge in [0.1, 0.15) is 5.69 Å². The summed E-state index contributed by atoms with van der Waals surface area (Å²) in [6.07, 6.45) is 0. The molecule has 1 aromatic heterocycles. The van der Waals surface area contributed by atoms with E-state index in [4.69, 9.17) is 12.2 Å². The van der Waals surface area contributed by atoms with Gasteiger partial charge in [0.25, 0.3) is 5.56 Å². The summed E-state index contributed by atoms with van der Waals surface area (Å²) in [5.74, 6) is 0.366. The summed E-state index contributed by atoms with van der Waals surface area (Å²) in [6, 6.07) is 17.6. The van der Waals surface area contributed by atoms with E-state index in [1.165, 1.54) is 5.56 Å². The zero-order chi connectivity index (χ0) is 19.6. The molecule has 1 heterocycles. The molecular formula is C21H24N4OS. The average molecular weight is 381 g/mol. The Morgan fingerprint density at radius 3 is 2.30 bits per heavy atom. The molecule has 2 N–H and O–H groups in total. The zero-order valence-electron chi connectivity index (χ0n) is 16.0. The van der Waals surface area contributed by atoms with Gasteiger partial charge < -0.3 is 10.6 Å². The van der Waals surface area contributed by atoms with E-state index in [2.05, 4.69) is 30.5 Å². The summed E-state index contributed by atoms with van der Waals surface area (Å²) in [6.45, 7) is 6.17. The molecule has 0 saturated heterocycles. The van der Waals surface area contributed by atoms with Crippen molar-refractivity contribution in [3.05, 3.63) is 76.2 Å². The van der Waals surface area contributed by atoms with Crippen molar-refractivity contribution in [1.29, 1.82) is 0 Å². The van der Waals surface area contributed by atoms with Gasteiger partial charge in [-0.1, -0.05) is 50.2 Å². The van der Waals surface area contributed by atoms with Gasteiger partial charge in [-0.25, -0.2) is 4.68 Å². The fourth-order valence-corrected chi connectivity index (χ4v) is 3.31. The highest BCUT2D eigenvalue weighted by Crippen LogP contribution is 2.24. The Hall–Kier alpha value is -2.86. The van der Waals surface area contributed by atoms with Gasteiger partial charge in [-0.3, -0.25) is 9.48 Å². The minimum absolute atomic E-state index is 0.137. The predicted molar refractivity (Wildman–Crippen MR) is 116 cm³/mol. The van der Waals surface area contributed by atoms with Gasteiger partial charge in [-0.2, -0.15) is 0 Å². The molecule has 0 amide bonds. The Balaban J connectivity index is 1.89. The Kier molecular flexibility index (Phi) is 5.46. The summed E-state index contributed by atoms with van der Waals surface area (Å²) in [4.78, 5) is 13.0. The molecule has 0 aliphatic carbocycles. The van der Waals surface area contributed by atoms with Crippen molar-refractivity contribution in [1.82, 2.24) is 9.36 Å². The van der Waals surface area contributed by atoms with Gasteiger partial charge in [0, 0.05) is 12.7 Å². The molecule has 5 nitrogen and oxygen atoms in total. The number of aromatic nitrogens is 2. The van der Waals surface area contributed by atoms with Crippen molar-refractivity contribution in [3.8, 4) is 5.69 Å². The Morgan fingerprint density at radius 2 is 1.63 bits per heavy atom. The molecule has 0 aliphatic heterocycles. The molecule has 0 aliphatic rings. The largest absolute Gasteiger partial charge is 0.332 e. The second-order valence-corrected chi connectivity index (χ2v) is 7.17. The lowest BCUT2D eigenvalue weighted by atomic mass is 10.0. The van der Waals surface area contributed by atoms with Gasteiger partial charge in [-0.05, 0) is 48.8 Å². The maximum atomic E-state index is 13.0. The van der Waals surface area contributed by atoms with Crippen LogP contribution in [0.3, 0.4) is 0 Å². The van der Waals surface area contributed by atoms with E-state index < -0.39 is 0 Å². The lowest BCUT2D eigenvalue weighted by Gasteiger charge is -2.15. The van der Waals surface area contributed by atoms with Gasteiger partial charge in [0.2, 0.25) is 0 Å². The Bertz CT molecular complexity index is 1020. The van der Waals surface area contributed by atoms with Crippen LogP contribution in [0.1, 0.15) is 31.0 Å². The fourth-order valence-electron chi connectivity index (χ4n) is 3.09. The van der Waals surface area contributed by atoms with Crippen LogP contribution in [0.4, 0.5) is 11.4 Å². The van der Waals surface area contributed by atoms with Crippen LogP contribution in [0.15, 0.2) is 59.4 Å². The molecule has 0 spiro atoms. The highest BCUT2D eigenvalue weighted by atomic mass is 32.1. The molecular weight excluding hydrogens is 356 g/mol. The zero-order valence-corrected chi connectivity index (χ0v) is 16.8. The number of nitrogens with zero attached hydrogens (tertiary/aromatic N) is 2. The van der Waals surface area contributed by atoms with E-state index in [9.17, 15) is 4.79 Å². The van der Waals surface area contributed by atoms with Crippen LogP contribution in [0.2, 0.25) is 0 Å². The molecule has 27 heavy (non-hydrogen) atoms. The summed E-state index contributed by atoms with van der Waals surface area (Å²) in [5.41, 5.74) is 4.08. The standard InChI is InChI=1S/C21H24N4OS/c1-14(2)17-12-8-9-13-18(17)22-21(27)23-19-15(3)24(4)25(20(19)26)16-10-6-5-7-11-16/h5-14H,1-4H3,(H2,22,23,27). The molecule has 2 aromatic carbocycles. The van der Waals surface area contributed by atoms with E-state index in [0.717, 1.165) is 17.1 Å². The maximum Gasteiger partial charge on any atom is 0.295 e. The van der Waals surface area contributed by atoms with Crippen molar-refractivity contribution < 1.29 is 0 Å². The molecule has 6 heteroatoms. The molecule has 0 radical (unpaired) electrons. The first-order chi connectivity index (χ1) is 12.9. The maximum absolute atomic E-state index is 13.0. The summed E-state index contributed by atoms with van der Waals surface area (Å²) in [5, 5.41) is 6.71. The van der Waals surface area contributed by atoms with Crippen molar-refractivity contribution in [2.45, 2.75) is 26.7 Å². The van der Waals surface area contributed by atoms with E-state index in [1.807, 2.05) is 67.2 Å². The molecule has 0 bridgehead atoms. The summed E-state index contributed by atoms with van der Waals surface area (Å²) >= 11 is 5.47. The number of anilines is 2. The topological polar surface area (TPSA) is 51.0 Å². The Labute approximate surface area is 164 Å². The number of benzene rings is 2. The first-order valence-corrected chi connectivity index (χ1v) is 9.32. The third-order valence-electron chi connectivity index (χ3n) is 4.62. The monoisotopic (exact) mass is 380 g/mol. The smallest absolute Gasteiger partial charge is 0.295 e. The van der Waals surface area contributed by atoms with Crippen LogP contribution in [-0.4, -0.2) is 14.5 Å². The average Bonchev–Trinajstić information content (AvgIpc) is 2.86. The van der Waals surface area contributed by atoms with E-state index >= 15 is 0 Å². The highest BCUT2D eigenvalue weighted by molar-refractivity contribution is 7.80. The van der Waals surface area contributed by atoms with Crippen molar-refractivity contribution >= 4 is 28.7 Å². The highest BCUT2D eigenvalue weighted by Gasteiger charge is 2.17. The number of rotatable bonds is 4. The third kappa shape index (κ3) is 3.80. The quantitative estimate of drug-likeness (QED) is 0.658. The van der Waals surface area contributed by atoms with Crippen molar-refractivity contribution in [2.24, 2.45) is 7.05 Å². The van der Waals surface area contributed by atoms with Crippen LogP contribution < -0.4 is 16.2 Å². The number of hydrogen-bond acceptors (Lipinski definition) is 2. The minimum atomic E-state index is -0.137. The first kappa shape index (κ1) is 18.9. The van der Waals surface area contributed by atoms with Crippen LogP contribution in [0.5, 0.6) is 0 Å². The second-order valence-electron chi connectivity index (χ2n) is 6.76. The Morgan fingerprint density at radius 1 is 1.00 bits per heavy atom. The van der Waals surface area contributed by atoms with Gasteiger partial charge in [0.15, 0.2) is 5.11 Å². The van der Waals surface area contributed by atoms with Crippen LogP contribution in [-0.2, 0) is 7.05 Å². The van der Waals surface area contributed by atoms with Gasteiger partial charge in [0.05, 0.1) is 11.4 Å². The SMILES string of the molecule is Cc1c(NC(=S)Nc2ccccc2C(C)C)c(=O)n(-c2ccccc2)n1C. The van der Waals surface area contributed by atoms with E-state index in [-0.39, 0.29) is 5.56 Å². The second kappa shape index (κ2) is 7.80. The molecule has 0 saturated carbocycles. The number of hydrogen-bond donors (Lipinski definition) is 2. The van der Waals surface area contributed by atoms with E-state index in [1.54, 1.807) is 4.68 Å². The molecule has 3 aromatic rings.